The van der Waals surface area contributed by atoms with Crippen molar-refractivity contribution in [3.05, 3.63) is 35.4 Å². The van der Waals surface area contributed by atoms with E-state index in [2.05, 4.69) is 30.7 Å². The van der Waals surface area contributed by atoms with Gasteiger partial charge in [0, 0.05) is 37.0 Å². The minimum absolute atomic E-state index is 0.0435. The van der Waals surface area contributed by atoms with Gasteiger partial charge in [-0.25, -0.2) is 8.78 Å². The molecule has 2 atom stereocenters. The summed E-state index contributed by atoms with van der Waals surface area (Å²) in [4.78, 5) is 26.2. The zero-order valence-electron chi connectivity index (χ0n) is 25.9. The highest BCUT2D eigenvalue weighted by Gasteiger charge is 2.35. The fourth-order valence-electron chi connectivity index (χ4n) is 6.63. The Labute approximate surface area is 260 Å². The van der Waals surface area contributed by atoms with Crippen LogP contribution in [0.2, 0.25) is 0 Å². The third kappa shape index (κ3) is 5.18. The molecule has 2 aliphatic heterocycles. The molecule has 0 aliphatic carbocycles. The number of nitrogens with two attached hydrogens (primary N) is 1. The number of aromatic nitrogens is 2. The van der Waals surface area contributed by atoms with Crippen LogP contribution in [-0.2, 0) is 11.2 Å². The van der Waals surface area contributed by atoms with Crippen molar-refractivity contribution in [3.8, 4) is 22.9 Å². The molecule has 2 aromatic heterocycles. The Kier molecular flexibility index (Phi) is 8.26. The number of halogens is 2. The molecule has 1 amide bonds. The van der Waals surface area contributed by atoms with Gasteiger partial charge in [0.1, 0.15) is 29.5 Å². The number of methoxy groups -OCH3 is 1. The fraction of sp³-hybridized carbons (Fsp3) is 0.485. The first kappa shape index (κ1) is 30.3. The number of benzene rings is 2. The van der Waals surface area contributed by atoms with Gasteiger partial charge in [-0.1, -0.05) is 33.8 Å². The van der Waals surface area contributed by atoms with Crippen LogP contribution in [0.25, 0.3) is 32.1 Å². The van der Waals surface area contributed by atoms with Gasteiger partial charge in [-0.2, -0.15) is 9.97 Å². The number of hydrogen-bond donors (Lipinski definition) is 1. The lowest BCUT2D eigenvalue weighted by molar-refractivity contribution is -0.131. The van der Waals surface area contributed by atoms with Crippen molar-refractivity contribution in [3.63, 3.8) is 0 Å². The smallest absolute Gasteiger partial charge is 0.318 e. The molecule has 0 saturated carbocycles. The largest absolute Gasteiger partial charge is 0.491 e. The number of likely N-dealkylation sites (tertiary alicyclic amines) is 1. The second-order valence-corrected chi connectivity index (χ2v) is 13.3. The summed E-state index contributed by atoms with van der Waals surface area (Å²) in [5.74, 6) is 0.800. The Balaban J connectivity index is 1.48. The molecule has 1 saturated heterocycles. The van der Waals surface area contributed by atoms with E-state index in [9.17, 15) is 9.18 Å². The zero-order valence-corrected chi connectivity index (χ0v) is 26.7. The van der Waals surface area contributed by atoms with E-state index in [-0.39, 0.29) is 40.8 Å². The summed E-state index contributed by atoms with van der Waals surface area (Å²) >= 11 is 1.18. The SMILES string of the molecule is CCc1c(N)sc2c(F)ccc(-c3cc4c5c(nc(OC)nc5c3F)N(CC3CCN(C(=O)CC(C)C)C3)C(CC)CO4)c12. The minimum atomic E-state index is -0.560. The van der Waals surface area contributed by atoms with E-state index in [0.717, 1.165) is 24.9 Å². The van der Waals surface area contributed by atoms with Crippen molar-refractivity contribution in [2.45, 2.75) is 59.4 Å². The average Bonchev–Trinajstić information content (AvgIpc) is 3.58. The van der Waals surface area contributed by atoms with Gasteiger partial charge >= 0.3 is 6.01 Å². The number of carbonyl (C=O) groups excluding carboxylic acids is 1. The Morgan fingerprint density at radius 1 is 1.20 bits per heavy atom. The highest BCUT2D eigenvalue weighted by Crippen LogP contribution is 2.47. The maximum atomic E-state index is 16.8. The normalized spacial score (nSPS) is 18.4. The molecular formula is C33H39F2N5O3S. The molecule has 2 aliphatic rings. The van der Waals surface area contributed by atoms with Gasteiger partial charge in [0.25, 0.3) is 0 Å². The molecule has 2 N–H and O–H groups in total. The van der Waals surface area contributed by atoms with Crippen LogP contribution in [0.15, 0.2) is 18.2 Å². The summed E-state index contributed by atoms with van der Waals surface area (Å²) < 4.78 is 44.0. The summed E-state index contributed by atoms with van der Waals surface area (Å²) in [6.45, 7) is 10.6. The van der Waals surface area contributed by atoms with Crippen molar-refractivity contribution < 1.29 is 23.0 Å². The summed E-state index contributed by atoms with van der Waals surface area (Å²) in [5.41, 5.74) is 7.95. The van der Waals surface area contributed by atoms with E-state index in [1.54, 1.807) is 12.1 Å². The van der Waals surface area contributed by atoms with Crippen LogP contribution in [0.3, 0.4) is 0 Å². The van der Waals surface area contributed by atoms with E-state index >= 15 is 4.39 Å². The molecule has 0 radical (unpaired) electrons. The maximum Gasteiger partial charge on any atom is 0.318 e. The molecule has 8 nitrogen and oxygen atoms in total. The Morgan fingerprint density at radius 2 is 2.00 bits per heavy atom. The van der Waals surface area contributed by atoms with Crippen LogP contribution in [0, 0.1) is 23.5 Å². The van der Waals surface area contributed by atoms with Crippen LogP contribution in [0.1, 0.15) is 52.5 Å². The quantitative estimate of drug-likeness (QED) is 0.230. The van der Waals surface area contributed by atoms with Gasteiger partial charge in [0.05, 0.1) is 28.2 Å². The van der Waals surface area contributed by atoms with E-state index in [4.69, 9.17) is 20.2 Å². The molecule has 1 fully saturated rings. The molecule has 6 rings (SSSR count). The van der Waals surface area contributed by atoms with Crippen LogP contribution in [0.5, 0.6) is 11.8 Å². The summed E-state index contributed by atoms with van der Waals surface area (Å²) in [6, 6.07) is 4.65. The van der Waals surface area contributed by atoms with E-state index in [0.29, 0.717) is 76.1 Å². The van der Waals surface area contributed by atoms with Gasteiger partial charge in [-0.15, -0.1) is 11.3 Å². The van der Waals surface area contributed by atoms with Crippen LogP contribution in [-0.4, -0.2) is 60.2 Å². The number of aryl methyl sites for hydroxylation is 1. The second kappa shape index (κ2) is 12.0. The summed E-state index contributed by atoms with van der Waals surface area (Å²) in [7, 11) is 1.46. The first-order valence-corrected chi connectivity index (χ1v) is 16.2. The first-order chi connectivity index (χ1) is 21.1. The molecular weight excluding hydrogens is 584 g/mol. The number of carbonyl (C=O) groups is 1. The number of hydrogen-bond acceptors (Lipinski definition) is 8. The van der Waals surface area contributed by atoms with Gasteiger partial charge in [0.2, 0.25) is 5.91 Å². The van der Waals surface area contributed by atoms with E-state index < -0.39 is 5.82 Å². The van der Waals surface area contributed by atoms with E-state index in [1.807, 2.05) is 11.8 Å². The van der Waals surface area contributed by atoms with Gasteiger partial charge in [-0.05, 0) is 54.4 Å². The third-order valence-electron chi connectivity index (χ3n) is 8.87. The lowest BCUT2D eigenvalue weighted by Crippen LogP contribution is -2.42. The predicted molar refractivity (Wildman–Crippen MR) is 172 cm³/mol. The standard InChI is InChI=1S/C33H39F2N5O3S/c1-6-19-16-43-24-13-22(21-8-9-23(34)30-26(21)20(7-2)31(36)44-30)28(35)29-27(24)32(38-33(37-29)42-5)40(19)15-18-10-11-39(14-18)25(41)12-17(3)4/h8-9,13,17-19H,6-7,10-12,14-16,36H2,1-5H3. The number of nitrogen functional groups attached to an aromatic ring is 1. The molecule has 4 aromatic rings. The molecule has 0 bridgehead atoms. The van der Waals surface area contributed by atoms with Crippen molar-refractivity contribution in [1.29, 1.82) is 0 Å². The molecule has 234 valence electrons. The molecule has 4 heterocycles. The highest BCUT2D eigenvalue weighted by molar-refractivity contribution is 7.23. The molecule has 2 aromatic carbocycles. The molecule has 2 unspecified atom stereocenters. The van der Waals surface area contributed by atoms with Crippen molar-refractivity contribution in [1.82, 2.24) is 14.9 Å². The zero-order chi connectivity index (χ0) is 31.3. The number of ether oxygens (including phenoxy) is 2. The van der Waals surface area contributed by atoms with Gasteiger partial charge < -0.3 is 25.0 Å². The minimum Gasteiger partial charge on any atom is -0.491 e. The number of thiophene rings is 1. The Bertz CT molecular complexity index is 1740. The molecule has 0 spiro atoms. The van der Waals surface area contributed by atoms with Crippen LogP contribution >= 0.6 is 11.3 Å². The maximum absolute atomic E-state index is 16.8. The van der Waals surface area contributed by atoms with E-state index in [1.165, 1.54) is 24.5 Å². The molecule has 11 heteroatoms. The van der Waals surface area contributed by atoms with Crippen LogP contribution in [0.4, 0.5) is 19.6 Å². The topological polar surface area (TPSA) is 93.8 Å². The summed E-state index contributed by atoms with van der Waals surface area (Å²) in [6.07, 6.45) is 2.77. The number of anilines is 2. The lowest BCUT2D eigenvalue weighted by Gasteiger charge is -2.32. The number of rotatable bonds is 8. The summed E-state index contributed by atoms with van der Waals surface area (Å²) in [5, 5.41) is 1.61. The third-order valence-corrected chi connectivity index (χ3v) is 9.94. The first-order valence-electron chi connectivity index (χ1n) is 15.4. The second-order valence-electron chi connectivity index (χ2n) is 12.2. The monoisotopic (exact) mass is 623 g/mol. The number of amides is 1. The lowest BCUT2D eigenvalue weighted by atomic mass is 9.96. The Morgan fingerprint density at radius 3 is 2.70 bits per heavy atom. The van der Waals surface area contributed by atoms with Crippen molar-refractivity contribution in [2.75, 3.05) is 44.0 Å². The molecule has 44 heavy (non-hydrogen) atoms. The predicted octanol–water partition coefficient (Wildman–Crippen LogP) is 6.81. The number of fused-ring (bicyclic) bond motifs is 1. The highest BCUT2D eigenvalue weighted by atomic mass is 32.1. The van der Waals surface area contributed by atoms with Crippen LogP contribution < -0.4 is 20.1 Å². The average molecular weight is 624 g/mol. The van der Waals surface area contributed by atoms with Gasteiger partial charge in [-0.3, -0.25) is 4.79 Å². The van der Waals surface area contributed by atoms with Crippen molar-refractivity contribution in [2.24, 2.45) is 11.8 Å². The van der Waals surface area contributed by atoms with Gasteiger partial charge in [0.15, 0.2) is 5.82 Å². The van der Waals surface area contributed by atoms with Crippen molar-refractivity contribution >= 4 is 49.1 Å². The fourth-order valence-corrected chi connectivity index (χ4v) is 7.72. The Hall–Kier alpha value is -3.73. The number of nitrogens with zero attached hydrogens (tertiary/aromatic N) is 4.